The number of aliphatic carboxylic acids is 1. The Labute approximate surface area is 189 Å². The molecule has 1 heterocycles. The van der Waals surface area contributed by atoms with Crippen molar-refractivity contribution in [2.24, 2.45) is 5.92 Å². The minimum atomic E-state index is -0.896. The van der Waals surface area contributed by atoms with Crippen molar-refractivity contribution in [2.45, 2.75) is 56.2 Å². The molecule has 0 unspecified atom stereocenters. The number of ether oxygens (including phenoxy) is 1. The van der Waals surface area contributed by atoms with E-state index in [1.165, 1.54) is 11.6 Å². The van der Waals surface area contributed by atoms with Gasteiger partial charge in [0.25, 0.3) is 0 Å². The fourth-order valence-corrected chi connectivity index (χ4v) is 5.36. The van der Waals surface area contributed by atoms with Gasteiger partial charge in [-0.2, -0.15) is 0 Å². The number of carbonyl (C=O) groups is 1. The first-order valence-electron chi connectivity index (χ1n) is 11.5. The number of hydrogen-bond acceptors (Lipinski definition) is 4. The molecule has 2 N–H and O–H groups in total. The zero-order chi connectivity index (χ0) is 22.7. The van der Waals surface area contributed by atoms with E-state index in [0.29, 0.717) is 18.9 Å². The Morgan fingerprint density at radius 2 is 1.91 bits per heavy atom. The monoisotopic (exact) mass is 440 g/mol. The first-order chi connectivity index (χ1) is 15.4. The molecule has 5 nitrogen and oxygen atoms in total. The molecule has 0 radical (unpaired) electrons. The molecule has 2 aromatic rings. The van der Waals surface area contributed by atoms with Gasteiger partial charge in [-0.05, 0) is 75.4 Å². The van der Waals surface area contributed by atoms with Gasteiger partial charge >= 0.3 is 5.97 Å². The Morgan fingerprint density at radius 3 is 2.53 bits per heavy atom. The molecule has 1 aliphatic carbocycles. The normalized spacial score (nSPS) is 28.1. The number of halogens is 1. The topological polar surface area (TPSA) is 61.8 Å². The summed E-state index contributed by atoms with van der Waals surface area (Å²) in [4.78, 5) is 13.5. The summed E-state index contributed by atoms with van der Waals surface area (Å²) >= 11 is 0. The van der Waals surface area contributed by atoms with Crippen LogP contribution in [0.4, 0.5) is 4.39 Å². The number of carboxylic acids is 1. The Hall–Kier alpha value is -2.44. The SMILES string of the molecule is CN(C)C1(c2ccccc2)CCC(Cc2ccc(F)c(O[C@@H]3CN[C@H](C(=O)O)C3)c2)CC1. The Morgan fingerprint density at radius 1 is 1.19 bits per heavy atom. The molecule has 2 atom stereocenters. The summed E-state index contributed by atoms with van der Waals surface area (Å²) in [5.41, 5.74) is 2.53. The Kier molecular flexibility index (Phi) is 6.82. The lowest BCUT2D eigenvalue weighted by Gasteiger charge is -2.45. The van der Waals surface area contributed by atoms with Gasteiger partial charge in [0.1, 0.15) is 12.1 Å². The molecular weight excluding hydrogens is 407 g/mol. The summed E-state index contributed by atoms with van der Waals surface area (Å²) in [6, 6.07) is 15.3. The fraction of sp³-hybridized carbons (Fsp3) is 0.500. The van der Waals surface area contributed by atoms with Gasteiger partial charge in [0.15, 0.2) is 11.6 Å². The molecule has 4 rings (SSSR count). The Bertz CT molecular complexity index is 926. The molecule has 0 bridgehead atoms. The van der Waals surface area contributed by atoms with E-state index in [1.807, 2.05) is 6.07 Å². The summed E-state index contributed by atoms with van der Waals surface area (Å²) < 4.78 is 20.2. The van der Waals surface area contributed by atoms with Crippen molar-refractivity contribution >= 4 is 5.97 Å². The molecule has 1 saturated carbocycles. The van der Waals surface area contributed by atoms with Crippen molar-refractivity contribution in [1.82, 2.24) is 10.2 Å². The summed E-state index contributed by atoms with van der Waals surface area (Å²) in [7, 11) is 4.34. The number of nitrogens with zero attached hydrogens (tertiary/aromatic N) is 1. The third kappa shape index (κ3) is 4.81. The van der Waals surface area contributed by atoms with E-state index < -0.39 is 17.8 Å². The first-order valence-corrected chi connectivity index (χ1v) is 11.5. The molecule has 2 aliphatic rings. The van der Waals surface area contributed by atoms with Crippen molar-refractivity contribution in [1.29, 1.82) is 0 Å². The maximum atomic E-state index is 14.4. The van der Waals surface area contributed by atoms with E-state index in [4.69, 9.17) is 9.84 Å². The summed E-state index contributed by atoms with van der Waals surface area (Å²) in [5, 5.41) is 12.0. The summed E-state index contributed by atoms with van der Waals surface area (Å²) in [5.74, 6) is -0.517. The molecule has 172 valence electrons. The van der Waals surface area contributed by atoms with Crippen LogP contribution in [0.1, 0.15) is 43.2 Å². The second-order valence-corrected chi connectivity index (χ2v) is 9.48. The molecule has 2 aromatic carbocycles. The number of hydrogen-bond donors (Lipinski definition) is 2. The summed E-state index contributed by atoms with van der Waals surface area (Å²) in [6.45, 7) is 0.412. The van der Waals surface area contributed by atoms with Crippen LogP contribution in [0.25, 0.3) is 0 Å². The average Bonchev–Trinajstić information content (AvgIpc) is 3.26. The number of rotatable bonds is 7. The standard InChI is InChI=1S/C26H33FN2O3/c1-29(2)26(20-6-4-3-5-7-20)12-10-18(11-13-26)14-19-8-9-22(27)24(15-19)32-21-16-23(25(30)31)28-17-21/h3-9,15,18,21,23,28H,10-14,16-17H2,1-2H3,(H,30,31)/t18?,21-,23-,26?/m0/s1. The molecule has 1 aliphatic heterocycles. The van der Waals surface area contributed by atoms with Gasteiger partial charge in [-0.1, -0.05) is 36.4 Å². The van der Waals surface area contributed by atoms with Crippen molar-refractivity contribution in [3.8, 4) is 5.75 Å². The zero-order valence-electron chi connectivity index (χ0n) is 18.9. The number of nitrogens with one attached hydrogen (secondary N) is 1. The lowest BCUT2D eigenvalue weighted by molar-refractivity contribution is -0.139. The van der Waals surface area contributed by atoms with Crippen molar-refractivity contribution < 1.29 is 19.0 Å². The highest BCUT2D eigenvalue weighted by Crippen LogP contribution is 2.44. The lowest BCUT2D eigenvalue weighted by Crippen LogP contribution is -2.44. The second kappa shape index (κ2) is 9.59. The molecule has 2 fully saturated rings. The highest BCUT2D eigenvalue weighted by molar-refractivity contribution is 5.73. The van der Waals surface area contributed by atoms with E-state index in [0.717, 1.165) is 37.7 Å². The predicted octanol–water partition coefficient (Wildman–Crippen LogP) is 4.21. The van der Waals surface area contributed by atoms with E-state index >= 15 is 0 Å². The van der Waals surface area contributed by atoms with E-state index in [1.54, 1.807) is 6.07 Å². The van der Waals surface area contributed by atoms with Gasteiger partial charge in [-0.15, -0.1) is 0 Å². The van der Waals surface area contributed by atoms with Gasteiger partial charge in [-0.25, -0.2) is 4.39 Å². The molecular formula is C26H33FN2O3. The second-order valence-electron chi connectivity index (χ2n) is 9.48. The molecule has 0 amide bonds. The molecule has 0 spiro atoms. The predicted molar refractivity (Wildman–Crippen MR) is 122 cm³/mol. The average molecular weight is 441 g/mol. The Balaban J connectivity index is 1.39. The van der Waals surface area contributed by atoms with E-state index in [9.17, 15) is 9.18 Å². The minimum absolute atomic E-state index is 0.0744. The van der Waals surface area contributed by atoms with Crippen LogP contribution in [0.15, 0.2) is 48.5 Å². The maximum absolute atomic E-state index is 14.4. The first kappa shape index (κ1) is 22.7. The van der Waals surface area contributed by atoms with Crippen molar-refractivity contribution in [3.63, 3.8) is 0 Å². The zero-order valence-corrected chi connectivity index (χ0v) is 18.9. The minimum Gasteiger partial charge on any atom is -0.486 e. The van der Waals surface area contributed by atoms with Crippen LogP contribution in [0.2, 0.25) is 0 Å². The quantitative estimate of drug-likeness (QED) is 0.675. The van der Waals surface area contributed by atoms with Crippen LogP contribution in [0, 0.1) is 11.7 Å². The van der Waals surface area contributed by atoms with Crippen LogP contribution in [0.3, 0.4) is 0 Å². The maximum Gasteiger partial charge on any atom is 0.320 e. The van der Waals surface area contributed by atoms with Crippen LogP contribution < -0.4 is 10.1 Å². The highest BCUT2D eigenvalue weighted by Gasteiger charge is 2.38. The van der Waals surface area contributed by atoms with Crippen LogP contribution in [-0.4, -0.2) is 48.8 Å². The smallest absolute Gasteiger partial charge is 0.320 e. The van der Waals surface area contributed by atoms with Crippen molar-refractivity contribution in [3.05, 3.63) is 65.5 Å². The fourth-order valence-electron chi connectivity index (χ4n) is 5.36. The number of carboxylic acid groups (broad SMARTS) is 1. The number of benzene rings is 2. The third-order valence-corrected chi connectivity index (χ3v) is 7.30. The van der Waals surface area contributed by atoms with Crippen LogP contribution in [0.5, 0.6) is 5.75 Å². The van der Waals surface area contributed by atoms with Gasteiger partial charge < -0.3 is 15.2 Å². The third-order valence-electron chi connectivity index (χ3n) is 7.30. The van der Waals surface area contributed by atoms with Crippen LogP contribution >= 0.6 is 0 Å². The molecule has 1 saturated heterocycles. The van der Waals surface area contributed by atoms with Gasteiger partial charge in [0.2, 0.25) is 0 Å². The van der Waals surface area contributed by atoms with Crippen molar-refractivity contribution in [2.75, 3.05) is 20.6 Å². The van der Waals surface area contributed by atoms with Gasteiger partial charge in [-0.3, -0.25) is 9.69 Å². The molecule has 0 aromatic heterocycles. The highest BCUT2D eigenvalue weighted by atomic mass is 19.1. The molecule has 32 heavy (non-hydrogen) atoms. The summed E-state index contributed by atoms with van der Waals surface area (Å²) in [6.07, 6.45) is 5.35. The van der Waals surface area contributed by atoms with E-state index in [2.05, 4.69) is 54.6 Å². The largest absolute Gasteiger partial charge is 0.486 e. The van der Waals surface area contributed by atoms with Gasteiger partial charge in [0, 0.05) is 18.5 Å². The van der Waals surface area contributed by atoms with Gasteiger partial charge in [0.05, 0.1) is 0 Å². The van der Waals surface area contributed by atoms with E-state index in [-0.39, 0.29) is 17.4 Å². The lowest BCUT2D eigenvalue weighted by atomic mass is 9.70. The molecule has 6 heteroatoms. The van der Waals surface area contributed by atoms with Crippen LogP contribution in [-0.2, 0) is 16.8 Å².